The van der Waals surface area contributed by atoms with E-state index in [9.17, 15) is 14.0 Å². The van der Waals surface area contributed by atoms with Gasteiger partial charge in [-0.05, 0) is 57.5 Å². The lowest BCUT2D eigenvalue weighted by Gasteiger charge is -2.37. The molecule has 2 aromatic carbocycles. The normalized spacial score (nSPS) is 19.3. The second-order valence-electron chi connectivity index (χ2n) is 9.16. The van der Waals surface area contributed by atoms with E-state index in [0.717, 1.165) is 19.5 Å². The van der Waals surface area contributed by atoms with Crippen LogP contribution in [0.1, 0.15) is 37.6 Å². The highest BCUT2D eigenvalue weighted by molar-refractivity contribution is 6.10. The van der Waals surface area contributed by atoms with Crippen LogP contribution < -0.4 is 15.1 Å². The molecule has 0 bridgehead atoms. The first kappa shape index (κ1) is 21.3. The van der Waals surface area contributed by atoms with E-state index in [-0.39, 0.29) is 23.5 Å². The molecule has 7 heteroatoms. The maximum atomic E-state index is 13.6. The van der Waals surface area contributed by atoms with Crippen LogP contribution >= 0.6 is 0 Å². The number of hydrogen-bond acceptors (Lipinski definition) is 3. The minimum atomic E-state index is -0.446. The van der Waals surface area contributed by atoms with E-state index in [4.69, 9.17) is 0 Å². The summed E-state index contributed by atoms with van der Waals surface area (Å²) in [5, 5.41) is 3.17. The Morgan fingerprint density at radius 2 is 1.65 bits per heavy atom. The number of para-hydroxylation sites is 2. The molecular formula is C24H29FN4O2. The Balaban J connectivity index is 1.51. The van der Waals surface area contributed by atoms with Crippen LogP contribution in [0.5, 0.6) is 0 Å². The molecule has 164 valence electrons. The van der Waals surface area contributed by atoms with Gasteiger partial charge in [-0.1, -0.05) is 18.2 Å². The van der Waals surface area contributed by atoms with Gasteiger partial charge in [0.2, 0.25) is 0 Å². The molecule has 0 aromatic heterocycles. The van der Waals surface area contributed by atoms with Crippen LogP contribution in [0.3, 0.4) is 0 Å². The lowest BCUT2D eigenvalue weighted by molar-refractivity contribution is 0.0986. The van der Waals surface area contributed by atoms with E-state index < -0.39 is 5.82 Å². The van der Waals surface area contributed by atoms with Gasteiger partial charge in [-0.25, -0.2) is 9.18 Å². The number of nitrogens with zero attached hydrogens (tertiary/aromatic N) is 3. The van der Waals surface area contributed by atoms with Crippen molar-refractivity contribution in [2.24, 2.45) is 0 Å². The molecule has 0 aliphatic carbocycles. The van der Waals surface area contributed by atoms with Crippen LogP contribution in [0.4, 0.5) is 20.6 Å². The largest absolute Gasteiger partial charge is 0.334 e. The molecule has 2 aromatic rings. The number of amides is 3. The molecule has 31 heavy (non-hydrogen) atoms. The maximum absolute atomic E-state index is 13.6. The van der Waals surface area contributed by atoms with Gasteiger partial charge >= 0.3 is 6.03 Å². The third kappa shape index (κ3) is 4.42. The zero-order valence-electron chi connectivity index (χ0n) is 18.3. The summed E-state index contributed by atoms with van der Waals surface area (Å²) in [6.45, 7) is 9.06. The number of carbonyl (C=O) groups excluding carboxylic acids is 2. The summed E-state index contributed by atoms with van der Waals surface area (Å²) in [5.74, 6) is -0.721. The molecule has 0 radical (unpaired) electrons. The molecule has 2 aliphatic heterocycles. The SMILES string of the molecule is CC(C)(C)N1CC[C@@H](NC(=O)N2CCN(C(=O)c3cccc(F)c3)c3ccccc32)C1. The Hall–Kier alpha value is -2.93. The fourth-order valence-electron chi connectivity index (χ4n) is 4.30. The Kier molecular flexibility index (Phi) is 5.71. The smallest absolute Gasteiger partial charge is 0.322 e. The monoisotopic (exact) mass is 424 g/mol. The second-order valence-corrected chi connectivity index (χ2v) is 9.16. The van der Waals surface area contributed by atoms with Crippen LogP contribution in [0.15, 0.2) is 48.5 Å². The number of anilines is 2. The van der Waals surface area contributed by atoms with Gasteiger partial charge in [0, 0.05) is 43.3 Å². The zero-order chi connectivity index (χ0) is 22.2. The van der Waals surface area contributed by atoms with Gasteiger partial charge in [0.05, 0.1) is 11.4 Å². The lowest BCUT2D eigenvalue weighted by atomic mass is 10.1. The zero-order valence-corrected chi connectivity index (χ0v) is 18.3. The number of nitrogens with one attached hydrogen (secondary N) is 1. The molecule has 3 amide bonds. The molecule has 2 heterocycles. The molecule has 0 spiro atoms. The topological polar surface area (TPSA) is 55.9 Å². The first-order chi connectivity index (χ1) is 14.7. The van der Waals surface area contributed by atoms with Crippen molar-refractivity contribution in [1.29, 1.82) is 0 Å². The van der Waals surface area contributed by atoms with Gasteiger partial charge in [-0.3, -0.25) is 14.6 Å². The van der Waals surface area contributed by atoms with Gasteiger partial charge in [0.1, 0.15) is 5.82 Å². The summed E-state index contributed by atoms with van der Waals surface area (Å²) in [7, 11) is 0. The van der Waals surface area contributed by atoms with Crippen molar-refractivity contribution in [1.82, 2.24) is 10.2 Å². The molecule has 4 rings (SSSR count). The van der Waals surface area contributed by atoms with Crippen molar-refractivity contribution >= 4 is 23.3 Å². The van der Waals surface area contributed by atoms with Crippen molar-refractivity contribution in [3.05, 3.63) is 59.9 Å². The van der Waals surface area contributed by atoms with Crippen LogP contribution in [0.25, 0.3) is 0 Å². The average molecular weight is 425 g/mol. The fraction of sp³-hybridized carbons (Fsp3) is 0.417. The molecule has 0 saturated carbocycles. The fourth-order valence-corrected chi connectivity index (χ4v) is 4.30. The standard InChI is InChI=1S/C24H29FN4O2/c1-24(2,3)27-12-11-19(16-27)26-23(31)29-14-13-28(20-9-4-5-10-21(20)29)22(30)17-7-6-8-18(25)15-17/h4-10,15,19H,11-14,16H2,1-3H3,(H,26,31)/t19-/m1/s1. The van der Waals surface area contributed by atoms with Gasteiger partial charge in [-0.15, -0.1) is 0 Å². The number of urea groups is 1. The predicted molar refractivity (Wildman–Crippen MR) is 120 cm³/mol. The Bertz CT molecular complexity index is 988. The number of carbonyl (C=O) groups is 2. The van der Waals surface area contributed by atoms with E-state index in [1.54, 1.807) is 15.9 Å². The highest BCUT2D eigenvalue weighted by Gasteiger charge is 2.34. The quantitative estimate of drug-likeness (QED) is 0.796. The third-order valence-electron chi connectivity index (χ3n) is 6.04. The minimum Gasteiger partial charge on any atom is -0.334 e. The van der Waals surface area contributed by atoms with Gasteiger partial charge in [0.15, 0.2) is 0 Å². The van der Waals surface area contributed by atoms with E-state index >= 15 is 0 Å². The number of benzene rings is 2. The van der Waals surface area contributed by atoms with Crippen molar-refractivity contribution in [2.75, 3.05) is 36.0 Å². The van der Waals surface area contributed by atoms with Crippen LogP contribution in [0.2, 0.25) is 0 Å². The molecule has 2 aliphatic rings. The number of fused-ring (bicyclic) bond motifs is 1. The highest BCUT2D eigenvalue weighted by Crippen LogP contribution is 2.34. The number of halogens is 1. The van der Waals surface area contributed by atoms with Crippen LogP contribution in [0, 0.1) is 5.82 Å². The van der Waals surface area contributed by atoms with Crippen molar-refractivity contribution in [3.63, 3.8) is 0 Å². The van der Waals surface area contributed by atoms with E-state index in [0.29, 0.717) is 30.0 Å². The Morgan fingerprint density at radius 1 is 0.968 bits per heavy atom. The molecular weight excluding hydrogens is 395 g/mol. The molecule has 1 atom stereocenters. The third-order valence-corrected chi connectivity index (χ3v) is 6.04. The summed E-state index contributed by atoms with van der Waals surface area (Å²) in [6.07, 6.45) is 0.919. The molecule has 1 N–H and O–H groups in total. The Labute approximate surface area is 182 Å². The van der Waals surface area contributed by atoms with Gasteiger partial charge in [0.25, 0.3) is 5.91 Å². The van der Waals surface area contributed by atoms with E-state index in [2.05, 4.69) is 31.0 Å². The summed E-state index contributed by atoms with van der Waals surface area (Å²) in [4.78, 5) is 31.8. The average Bonchev–Trinajstić information content (AvgIpc) is 3.21. The predicted octanol–water partition coefficient (Wildman–Crippen LogP) is 3.87. The van der Waals surface area contributed by atoms with Crippen LogP contribution in [-0.4, -0.2) is 54.6 Å². The van der Waals surface area contributed by atoms with E-state index in [1.807, 2.05) is 24.3 Å². The highest BCUT2D eigenvalue weighted by atomic mass is 19.1. The summed E-state index contributed by atoms with van der Waals surface area (Å²) >= 11 is 0. The number of hydrogen-bond donors (Lipinski definition) is 1. The summed E-state index contributed by atoms with van der Waals surface area (Å²) in [6, 6.07) is 13.0. The lowest BCUT2D eigenvalue weighted by Crippen LogP contribution is -2.52. The maximum Gasteiger partial charge on any atom is 0.322 e. The first-order valence-corrected chi connectivity index (χ1v) is 10.7. The van der Waals surface area contributed by atoms with Crippen molar-refractivity contribution < 1.29 is 14.0 Å². The molecule has 6 nitrogen and oxygen atoms in total. The summed E-state index contributed by atoms with van der Waals surface area (Å²) < 4.78 is 13.6. The molecule has 0 unspecified atom stereocenters. The van der Waals surface area contributed by atoms with Gasteiger partial charge in [-0.2, -0.15) is 0 Å². The first-order valence-electron chi connectivity index (χ1n) is 10.7. The number of likely N-dealkylation sites (tertiary alicyclic amines) is 1. The molecule has 1 saturated heterocycles. The van der Waals surface area contributed by atoms with Crippen molar-refractivity contribution in [3.8, 4) is 0 Å². The minimum absolute atomic E-state index is 0.0784. The van der Waals surface area contributed by atoms with Crippen molar-refractivity contribution in [2.45, 2.75) is 38.8 Å². The second kappa shape index (κ2) is 8.30. The van der Waals surface area contributed by atoms with Gasteiger partial charge < -0.3 is 10.2 Å². The number of rotatable bonds is 2. The Morgan fingerprint density at radius 3 is 2.29 bits per heavy atom. The van der Waals surface area contributed by atoms with Crippen LogP contribution in [-0.2, 0) is 0 Å². The molecule has 1 fully saturated rings. The summed E-state index contributed by atoms with van der Waals surface area (Å²) in [5.41, 5.74) is 1.71. The van der Waals surface area contributed by atoms with E-state index in [1.165, 1.54) is 18.2 Å².